The predicted molar refractivity (Wildman–Crippen MR) is 115 cm³/mol. The molecule has 0 bridgehead atoms. The van der Waals surface area contributed by atoms with Crippen molar-refractivity contribution in [2.24, 2.45) is 0 Å². The van der Waals surface area contributed by atoms with Gasteiger partial charge in [-0.2, -0.15) is 5.01 Å². The maximum atomic E-state index is 13.0. The lowest BCUT2D eigenvalue weighted by Gasteiger charge is -2.15. The molecule has 2 aliphatic heterocycles. The van der Waals surface area contributed by atoms with Gasteiger partial charge in [0.05, 0.1) is 35.1 Å². The summed E-state index contributed by atoms with van der Waals surface area (Å²) in [4.78, 5) is 64.6. The van der Waals surface area contributed by atoms with Crippen LogP contribution >= 0.6 is 0 Å². The summed E-state index contributed by atoms with van der Waals surface area (Å²) in [5.41, 5.74) is 3.18. The zero-order valence-electron chi connectivity index (χ0n) is 17.2. The number of anilines is 1. The molecule has 3 aromatic carbocycles. The van der Waals surface area contributed by atoms with E-state index in [0.717, 1.165) is 4.90 Å². The molecule has 3 aromatic rings. The number of methoxy groups -OCH3 is 1. The van der Waals surface area contributed by atoms with E-state index in [-0.39, 0.29) is 27.8 Å². The predicted octanol–water partition coefficient (Wildman–Crippen LogP) is 2.44. The van der Waals surface area contributed by atoms with E-state index in [0.29, 0.717) is 16.4 Å². The molecule has 0 saturated heterocycles. The molecule has 0 unspecified atom stereocenters. The van der Waals surface area contributed by atoms with Gasteiger partial charge in [-0.15, -0.1) is 0 Å². The first-order valence-electron chi connectivity index (χ1n) is 9.86. The van der Waals surface area contributed by atoms with Gasteiger partial charge < -0.3 is 4.74 Å². The van der Waals surface area contributed by atoms with Crippen LogP contribution in [0.2, 0.25) is 0 Å². The molecule has 5 amide bonds. The van der Waals surface area contributed by atoms with Crippen molar-refractivity contribution in [1.82, 2.24) is 10.4 Å². The molecule has 0 aliphatic carbocycles. The van der Waals surface area contributed by atoms with Crippen LogP contribution < -0.4 is 15.1 Å². The molecule has 0 aromatic heterocycles. The Morgan fingerprint density at radius 2 is 1.36 bits per heavy atom. The van der Waals surface area contributed by atoms with Gasteiger partial charge in [0.1, 0.15) is 5.75 Å². The summed E-state index contributed by atoms with van der Waals surface area (Å²) in [6.45, 7) is 0. The van der Waals surface area contributed by atoms with E-state index in [1.807, 2.05) is 0 Å². The highest BCUT2D eigenvalue weighted by Gasteiger charge is 2.39. The Morgan fingerprint density at radius 1 is 0.727 bits per heavy atom. The van der Waals surface area contributed by atoms with Crippen LogP contribution in [0.1, 0.15) is 51.8 Å². The maximum absolute atomic E-state index is 13.0. The van der Waals surface area contributed by atoms with Gasteiger partial charge in [-0.1, -0.05) is 18.2 Å². The molecule has 0 saturated carbocycles. The van der Waals surface area contributed by atoms with Crippen molar-refractivity contribution in [2.45, 2.75) is 0 Å². The molecule has 33 heavy (non-hydrogen) atoms. The Bertz CT molecular complexity index is 1360. The van der Waals surface area contributed by atoms with Gasteiger partial charge in [0, 0.05) is 11.6 Å². The molecule has 1 N–H and O–H groups in total. The number of nitrogens with zero attached hydrogens (tertiary/aromatic N) is 2. The fourth-order valence-corrected chi connectivity index (χ4v) is 3.82. The van der Waals surface area contributed by atoms with Crippen molar-refractivity contribution in [1.29, 1.82) is 0 Å². The quantitative estimate of drug-likeness (QED) is 0.623. The summed E-state index contributed by atoms with van der Waals surface area (Å²) in [5, 5.41) is 0.635. The van der Waals surface area contributed by atoms with Crippen LogP contribution in [0.5, 0.6) is 5.75 Å². The van der Waals surface area contributed by atoms with E-state index in [2.05, 4.69) is 5.43 Å². The van der Waals surface area contributed by atoms with Crippen molar-refractivity contribution >= 4 is 35.2 Å². The molecule has 9 heteroatoms. The van der Waals surface area contributed by atoms with Crippen molar-refractivity contribution in [3.05, 3.63) is 94.5 Å². The van der Waals surface area contributed by atoms with Gasteiger partial charge in [-0.05, 0) is 42.5 Å². The molecule has 0 atom stereocenters. The van der Waals surface area contributed by atoms with Crippen LogP contribution in [0.15, 0.2) is 66.7 Å². The van der Waals surface area contributed by atoms with Gasteiger partial charge in [0.15, 0.2) is 0 Å². The first-order valence-corrected chi connectivity index (χ1v) is 9.86. The normalized spacial score (nSPS) is 14.5. The summed E-state index contributed by atoms with van der Waals surface area (Å²) in [6, 6.07) is 16.7. The summed E-state index contributed by atoms with van der Waals surface area (Å²) in [5.74, 6) is -2.73. The molecular formula is C24H15N3O6. The number of hydrogen-bond donors (Lipinski definition) is 1. The van der Waals surface area contributed by atoms with Crippen molar-refractivity contribution in [3.8, 4) is 5.75 Å². The second kappa shape index (κ2) is 7.41. The van der Waals surface area contributed by atoms with E-state index in [9.17, 15) is 24.0 Å². The minimum Gasteiger partial charge on any atom is -0.497 e. The number of carbonyl (C=O) groups is 5. The van der Waals surface area contributed by atoms with Gasteiger partial charge in [-0.25, -0.2) is 4.90 Å². The third-order valence-electron chi connectivity index (χ3n) is 5.47. The lowest BCUT2D eigenvalue weighted by atomic mass is 10.1. The number of imide groups is 2. The zero-order chi connectivity index (χ0) is 23.3. The number of rotatable bonds is 4. The number of benzene rings is 3. The van der Waals surface area contributed by atoms with Gasteiger partial charge in [0.25, 0.3) is 29.5 Å². The van der Waals surface area contributed by atoms with Gasteiger partial charge in [-0.3, -0.25) is 29.4 Å². The molecular weight excluding hydrogens is 426 g/mol. The van der Waals surface area contributed by atoms with Crippen LogP contribution in [0.4, 0.5) is 5.69 Å². The second-order valence-corrected chi connectivity index (χ2v) is 7.34. The fraction of sp³-hybridized carbons (Fsp3) is 0.0417. The average molecular weight is 441 g/mol. The molecule has 0 fully saturated rings. The topological polar surface area (TPSA) is 113 Å². The molecule has 2 heterocycles. The van der Waals surface area contributed by atoms with Crippen molar-refractivity contribution in [2.75, 3.05) is 12.0 Å². The van der Waals surface area contributed by atoms with Crippen molar-refractivity contribution in [3.63, 3.8) is 0 Å². The minimum atomic E-state index is -0.771. The summed E-state index contributed by atoms with van der Waals surface area (Å²) >= 11 is 0. The van der Waals surface area contributed by atoms with Crippen LogP contribution in [0.25, 0.3) is 0 Å². The third-order valence-corrected chi connectivity index (χ3v) is 5.47. The first kappa shape index (κ1) is 20.1. The van der Waals surface area contributed by atoms with Gasteiger partial charge >= 0.3 is 0 Å². The Labute approximate surface area is 187 Å². The molecule has 0 radical (unpaired) electrons. The SMILES string of the molecule is COc1cccc(N2C(=O)c3ccc(C(=O)NN4C(=O)c5ccccc5C4=O)cc3C2=O)c1. The number of hydrazine groups is 1. The lowest BCUT2D eigenvalue weighted by molar-refractivity contribution is 0.0518. The van der Waals surface area contributed by atoms with Gasteiger partial charge in [0.2, 0.25) is 0 Å². The van der Waals surface area contributed by atoms with E-state index in [1.54, 1.807) is 36.4 Å². The summed E-state index contributed by atoms with van der Waals surface area (Å²) in [7, 11) is 1.47. The Morgan fingerprint density at radius 3 is 2.03 bits per heavy atom. The minimum absolute atomic E-state index is 0.0129. The molecule has 9 nitrogen and oxygen atoms in total. The number of ether oxygens (including phenoxy) is 1. The molecule has 162 valence electrons. The molecule has 0 spiro atoms. The maximum Gasteiger partial charge on any atom is 0.280 e. The average Bonchev–Trinajstić information content (AvgIpc) is 3.24. The first-order chi connectivity index (χ1) is 15.9. The van der Waals surface area contributed by atoms with E-state index < -0.39 is 29.5 Å². The van der Waals surface area contributed by atoms with Crippen LogP contribution in [0, 0.1) is 0 Å². The highest BCUT2D eigenvalue weighted by molar-refractivity contribution is 6.34. The molecule has 2 aliphatic rings. The zero-order valence-corrected chi connectivity index (χ0v) is 17.2. The van der Waals surface area contributed by atoms with E-state index in [1.165, 1.54) is 37.4 Å². The number of carbonyl (C=O) groups excluding carboxylic acids is 5. The second-order valence-electron chi connectivity index (χ2n) is 7.34. The van der Waals surface area contributed by atoms with E-state index in [4.69, 9.17) is 4.74 Å². The summed E-state index contributed by atoms with van der Waals surface area (Å²) in [6.07, 6.45) is 0. The molecule has 5 rings (SSSR count). The number of amides is 5. The van der Waals surface area contributed by atoms with Crippen LogP contribution in [0.3, 0.4) is 0 Å². The number of nitrogens with one attached hydrogen (secondary N) is 1. The smallest absolute Gasteiger partial charge is 0.280 e. The standard InChI is InChI=1S/C24H15N3O6/c1-33-15-6-4-5-14(12-15)26-21(29)18-10-9-13(11-19(18)22(26)30)20(28)25-27-23(31)16-7-2-3-8-17(16)24(27)32/h2-12H,1H3,(H,25,28). The number of fused-ring (bicyclic) bond motifs is 2. The highest BCUT2D eigenvalue weighted by Crippen LogP contribution is 2.31. The Kier molecular flexibility index (Phi) is 4.52. The monoisotopic (exact) mass is 441 g/mol. The Hall–Kier alpha value is -4.79. The lowest BCUT2D eigenvalue weighted by Crippen LogP contribution is -2.45. The largest absolute Gasteiger partial charge is 0.497 e. The fourth-order valence-electron chi connectivity index (χ4n) is 3.82. The summed E-state index contributed by atoms with van der Waals surface area (Å²) < 4.78 is 5.15. The third kappa shape index (κ3) is 3.06. The van der Waals surface area contributed by atoms with Crippen LogP contribution in [-0.2, 0) is 0 Å². The number of hydrogen-bond acceptors (Lipinski definition) is 6. The highest BCUT2D eigenvalue weighted by atomic mass is 16.5. The Balaban J connectivity index is 1.41. The van der Waals surface area contributed by atoms with Crippen molar-refractivity contribution < 1.29 is 28.7 Å². The van der Waals surface area contributed by atoms with Crippen LogP contribution in [-0.4, -0.2) is 41.7 Å². The van der Waals surface area contributed by atoms with E-state index >= 15 is 0 Å².